The summed E-state index contributed by atoms with van der Waals surface area (Å²) < 4.78 is 51.4. The zero-order valence-corrected chi connectivity index (χ0v) is 17.4. The highest BCUT2D eigenvalue weighted by Gasteiger charge is 2.46. The first-order valence-electron chi connectivity index (χ1n) is 7.25. The first kappa shape index (κ1) is 24.7. The molecular weight excluding hydrogens is 483 g/mol. The number of phosphoric ester groups is 1. The molecule has 0 aliphatic carbocycles. The van der Waals surface area contributed by atoms with Gasteiger partial charge in [-0.05, 0) is 18.3 Å². The van der Waals surface area contributed by atoms with Crippen molar-refractivity contribution in [2.75, 3.05) is 12.3 Å². The number of aliphatic hydroxyl groups excluding tert-OH is 2. The summed E-state index contributed by atoms with van der Waals surface area (Å²) >= 11 is 4.96. The van der Waals surface area contributed by atoms with E-state index in [9.17, 15) is 28.8 Å². The summed E-state index contributed by atoms with van der Waals surface area (Å²) in [5.74, 6) is 0.0866. The molecule has 1 aromatic rings. The molecule has 0 bridgehead atoms. The van der Waals surface area contributed by atoms with Gasteiger partial charge in [0.1, 0.15) is 24.1 Å². The molecule has 0 amide bonds. The van der Waals surface area contributed by atoms with Crippen molar-refractivity contribution >= 4 is 41.5 Å². The number of anilines is 1. The highest BCUT2D eigenvalue weighted by atomic mass is 32.1. The SMILES string of the molecule is Nc1ccn([C@@H]2O[C@H](COP(=O)(O)OP(=O)(O)OP(=O)(O)O)[C@@H](O)[C@H]2O)c(=S)n1. The Morgan fingerprint density at radius 1 is 1.14 bits per heavy atom. The molecule has 2 unspecified atom stereocenters. The summed E-state index contributed by atoms with van der Waals surface area (Å²) in [6.45, 7) is -0.950. The third-order valence-electron chi connectivity index (χ3n) is 3.28. The minimum Gasteiger partial charge on any atom is -0.387 e. The Labute approximate surface area is 166 Å². The van der Waals surface area contributed by atoms with Crippen LogP contribution in [-0.2, 0) is 31.6 Å². The topological polar surface area (TPSA) is 253 Å². The Bertz CT molecular complexity index is 951. The number of rotatable bonds is 8. The molecule has 166 valence electrons. The van der Waals surface area contributed by atoms with E-state index in [0.29, 0.717) is 0 Å². The van der Waals surface area contributed by atoms with E-state index in [2.05, 4.69) is 18.1 Å². The van der Waals surface area contributed by atoms with E-state index in [1.54, 1.807) is 0 Å². The summed E-state index contributed by atoms with van der Waals surface area (Å²) in [7, 11) is -16.6. The lowest BCUT2D eigenvalue weighted by Crippen LogP contribution is -2.33. The summed E-state index contributed by atoms with van der Waals surface area (Å²) in [6.07, 6.45) is -4.65. The Hall–Kier alpha value is -0.610. The molecular formula is C9H16N3O13P3S. The standard InChI is InChI=1S/C9H16N3O13P3S/c10-5-1-2-12(9(29)11-5)8-7(14)6(13)4(23-8)3-22-27(18,19)25-28(20,21)24-26(15,16)17/h1-2,4,6-8,13-14H,3H2,(H,18,19)(H,20,21)(H2,10,11,29)(H2,15,16,17)/t4-,6-,7-,8-/m1/s1. The van der Waals surface area contributed by atoms with Gasteiger partial charge in [-0.1, -0.05) is 0 Å². The average molecular weight is 499 g/mol. The largest absolute Gasteiger partial charge is 0.490 e. The number of nitrogen functional groups attached to an aromatic ring is 1. The molecule has 29 heavy (non-hydrogen) atoms. The van der Waals surface area contributed by atoms with E-state index in [4.69, 9.17) is 37.4 Å². The molecule has 1 aliphatic rings. The Morgan fingerprint density at radius 3 is 2.31 bits per heavy atom. The number of nitrogens with zero attached hydrogens (tertiary/aromatic N) is 2. The molecule has 1 aromatic heterocycles. The summed E-state index contributed by atoms with van der Waals surface area (Å²) in [5.41, 5.74) is 5.46. The third-order valence-corrected chi connectivity index (χ3v) is 7.39. The van der Waals surface area contributed by atoms with Gasteiger partial charge in [0.15, 0.2) is 6.23 Å². The highest BCUT2D eigenvalue weighted by Crippen LogP contribution is 2.66. The first-order valence-corrected chi connectivity index (χ1v) is 12.2. The monoisotopic (exact) mass is 499 g/mol. The van der Waals surface area contributed by atoms with Gasteiger partial charge in [-0.15, -0.1) is 0 Å². The van der Waals surface area contributed by atoms with Crippen LogP contribution in [0.4, 0.5) is 5.82 Å². The molecule has 0 radical (unpaired) electrons. The average Bonchev–Trinajstić information content (AvgIpc) is 2.78. The van der Waals surface area contributed by atoms with E-state index in [1.165, 1.54) is 12.3 Å². The van der Waals surface area contributed by atoms with Crippen LogP contribution in [-0.4, -0.2) is 64.3 Å². The predicted molar refractivity (Wildman–Crippen MR) is 93.2 cm³/mol. The van der Waals surface area contributed by atoms with Gasteiger partial charge in [0.05, 0.1) is 6.61 Å². The number of hydrogen-bond acceptors (Lipinski definition) is 12. The van der Waals surface area contributed by atoms with Gasteiger partial charge in [0.25, 0.3) is 0 Å². The fourth-order valence-corrected chi connectivity index (χ4v) is 5.49. The fourth-order valence-electron chi connectivity index (χ4n) is 2.19. The van der Waals surface area contributed by atoms with Gasteiger partial charge in [-0.25, -0.2) is 18.7 Å². The van der Waals surface area contributed by atoms with Crippen molar-refractivity contribution in [2.24, 2.45) is 0 Å². The van der Waals surface area contributed by atoms with E-state index in [-0.39, 0.29) is 10.6 Å². The molecule has 1 saturated heterocycles. The Kier molecular flexibility index (Phi) is 7.54. The summed E-state index contributed by atoms with van der Waals surface area (Å²) in [4.78, 5) is 39.2. The first-order chi connectivity index (χ1) is 13.1. The van der Waals surface area contributed by atoms with Crippen molar-refractivity contribution in [3.8, 4) is 0 Å². The molecule has 1 aliphatic heterocycles. The van der Waals surface area contributed by atoms with Crippen LogP contribution in [0.25, 0.3) is 0 Å². The minimum absolute atomic E-state index is 0.0866. The number of ether oxygens (including phenoxy) is 1. The van der Waals surface area contributed by atoms with Gasteiger partial charge in [0.2, 0.25) is 4.77 Å². The van der Waals surface area contributed by atoms with E-state index in [0.717, 1.165) is 4.57 Å². The zero-order chi connectivity index (χ0) is 22.2. The van der Waals surface area contributed by atoms with Crippen LogP contribution in [0.5, 0.6) is 0 Å². The number of phosphoric acid groups is 3. The fraction of sp³-hybridized carbons (Fsp3) is 0.556. The van der Waals surface area contributed by atoms with Crippen molar-refractivity contribution in [2.45, 2.75) is 24.5 Å². The van der Waals surface area contributed by atoms with Crippen molar-refractivity contribution in [3.63, 3.8) is 0 Å². The van der Waals surface area contributed by atoms with Gasteiger partial charge in [-0.2, -0.15) is 8.62 Å². The Balaban J connectivity index is 2.05. The molecule has 2 heterocycles. The van der Waals surface area contributed by atoms with Crippen LogP contribution in [0.1, 0.15) is 6.23 Å². The molecule has 0 saturated carbocycles. The van der Waals surface area contributed by atoms with Gasteiger partial charge >= 0.3 is 23.5 Å². The number of aromatic nitrogens is 2. The van der Waals surface area contributed by atoms with Crippen LogP contribution in [0.15, 0.2) is 12.3 Å². The maximum Gasteiger partial charge on any atom is 0.490 e. The zero-order valence-electron chi connectivity index (χ0n) is 13.9. The van der Waals surface area contributed by atoms with Gasteiger partial charge in [-0.3, -0.25) is 9.09 Å². The summed E-state index contributed by atoms with van der Waals surface area (Å²) in [5, 5.41) is 20.1. The van der Waals surface area contributed by atoms with Crippen LogP contribution in [0, 0.1) is 4.77 Å². The second kappa shape index (κ2) is 8.86. The molecule has 8 N–H and O–H groups in total. The maximum absolute atomic E-state index is 11.7. The van der Waals surface area contributed by atoms with Crippen molar-refractivity contribution in [1.82, 2.24) is 9.55 Å². The molecule has 0 spiro atoms. The smallest absolute Gasteiger partial charge is 0.387 e. The van der Waals surface area contributed by atoms with E-state index < -0.39 is 54.6 Å². The van der Waals surface area contributed by atoms with Crippen LogP contribution < -0.4 is 5.73 Å². The molecule has 2 rings (SSSR count). The molecule has 0 aromatic carbocycles. The molecule has 1 fully saturated rings. The number of hydrogen-bond donors (Lipinski definition) is 7. The molecule has 20 heteroatoms. The minimum atomic E-state index is -5.69. The molecule has 16 nitrogen and oxygen atoms in total. The van der Waals surface area contributed by atoms with E-state index in [1.807, 2.05) is 0 Å². The lowest BCUT2D eigenvalue weighted by molar-refractivity contribution is -0.0532. The van der Waals surface area contributed by atoms with Crippen molar-refractivity contribution in [3.05, 3.63) is 17.0 Å². The van der Waals surface area contributed by atoms with Crippen LogP contribution in [0.2, 0.25) is 0 Å². The number of aliphatic hydroxyl groups is 2. The van der Waals surface area contributed by atoms with E-state index >= 15 is 0 Å². The van der Waals surface area contributed by atoms with Gasteiger partial charge in [0, 0.05) is 6.20 Å². The second-order valence-corrected chi connectivity index (χ2v) is 10.3. The third kappa shape index (κ3) is 6.95. The van der Waals surface area contributed by atoms with Gasteiger partial charge < -0.3 is 40.3 Å². The second-order valence-electron chi connectivity index (χ2n) is 5.48. The van der Waals surface area contributed by atoms with Crippen molar-refractivity contribution < 1.29 is 61.4 Å². The molecule has 6 atom stereocenters. The van der Waals surface area contributed by atoms with Crippen molar-refractivity contribution in [1.29, 1.82) is 0 Å². The lowest BCUT2D eigenvalue weighted by atomic mass is 10.1. The predicted octanol–water partition coefficient (Wildman–Crippen LogP) is -0.843. The lowest BCUT2D eigenvalue weighted by Gasteiger charge is -2.19. The Morgan fingerprint density at radius 2 is 1.76 bits per heavy atom. The van der Waals surface area contributed by atoms with Crippen LogP contribution >= 0.6 is 35.7 Å². The van der Waals surface area contributed by atoms with Crippen LogP contribution in [0.3, 0.4) is 0 Å². The number of nitrogens with two attached hydrogens (primary N) is 1. The highest BCUT2D eigenvalue weighted by molar-refractivity contribution is 7.71. The quantitative estimate of drug-likeness (QED) is 0.170. The summed E-state index contributed by atoms with van der Waals surface area (Å²) in [6, 6.07) is 1.33. The maximum atomic E-state index is 11.7. The normalized spacial score (nSPS) is 29.3.